The van der Waals surface area contributed by atoms with E-state index in [9.17, 15) is 9.59 Å². The molecule has 0 aromatic carbocycles. The molecule has 0 aliphatic carbocycles. The molecule has 8 nitrogen and oxygen atoms in total. The lowest BCUT2D eigenvalue weighted by molar-refractivity contribution is -0.144. The van der Waals surface area contributed by atoms with Gasteiger partial charge >= 0.3 is 5.97 Å². The second kappa shape index (κ2) is 7.92. The summed E-state index contributed by atoms with van der Waals surface area (Å²) in [4.78, 5) is 39.8. The van der Waals surface area contributed by atoms with Crippen molar-refractivity contribution in [3.8, 4) is 0 Å². The molecule has 1 aromatic heterocycles. The van der Waals surface area contributed by atoms with Crippen molar-refractivity contribution < 1.29 is 14.3 Å². The summed E-state index contributed by atoms with van der Waals surface area (Å²) < 4.78 is 4.92. The normalized spacial score (nSPS) is 11.7. The maximum Gasteiger partial charge on any atom is 0.327 e. The molecule has 0 aliphatic rings. The Kier molecular flexibility index (Phi) is 6.54. The molecule has 0 aliphatic heterocycles. The Morgan fingerprint density at radius 1 is 1.09 bits per heavy atom. The molecule has 0 saturated carbocycles. The molecule has 22 heavy (non-hydrogen) atoms. The molecule has 0 saturated heterocycles. The van der Waals surface area contributed by atoms with E-state index in [4.69, 9.17) is 4.74 Å². The van der Waals surface area contributed by atoms with Gasteiger partial charge < -0.3 is 14.5 Å². The number of carbonyl (C=O) groups excluding carboxylic acids is 2. The Morgan fingerprint density at radius 2 is 1.59 bits per heavy atom. The predicted molar refractivity (Wildman–Crippen MR) is 85.4 cm³/mol. The highest BCUT2D eigenvalue weighted by molar-refractivity contribution is 8.01. The molecule has 0 amide bonds. The summed E-state index contributed by atoms with van der Waals surface area (Å²) in [6.45, 7) is 3.25. The number of rotatable bonds is 7. The fourth-order valence-corrected chi connectivity index (χ4v) is 2.22. The lowest BCUT2D eigenvalue weighted by Crippen LogP contribution is -2.28. The summed E-state index contributed by atoms with van der Waals surface area (Å²) >= 11 is 0.968. The quantitative estimate of drug-likeness (QED) is 0.406. The lowest BCUT2D eigenvalue weighted by atomic mass is 10.3. The molecule has 0 fully saturated rings. The van der Waals surface area contributed by atoms with Gasteiger partial charge in [-0.3, -0.25) is 9.59 Å². The minimum atomic E-state index is -0.979. The van der Waals surface area contributed by atoms with E-state index >= 15 is 0 Å². The SMILES string of the molecule is CCOC(=O)[C@H](Sc1nc(N(C)C)nc(N(C)C)n1)C(C)=O. The summed E-state index contributed by atoms with van der Waals surface area (Å²) in [7, 11) is 7.21. The van der Waals surface area contributed by atoms with Crippen LogP contribution in [0.2, 0.25) is 0 Å². The smallest absolute Gasteiger partial charge is 0.327 e. The highest BCUT2D eigenvalue weighted by Gasteiger charge is 2.28. The van der Waals surface area contributed by atoms with Gasteiger partial charge in [0.2, 0.25) is 11.9 Å². The van der Waals surface area contributed by atoms with Crippen LogP contribution >= 0.6 is 11.8 Å². The number of aromatic nitrogens is 3. The summed E-state index contributed by atoms with van der Waals surface area (Å²) in [6.07, 6.45) is 0. The van der Waals surface area contributed by atoms with Gasteiger partial charge in [-0.25, -0.2) is 0 Å². The highest BCUT2D eigenvalue weighted by atomic mass is 32.2. The zero-order valence-corrected chi connectivity index (χ0v) is 14.5. The highest BCUT2D eigenvalue weighted by Crippen LogP contribution is 2.24. The Hall–Kier alpha value is -1.90. The van der Waals surface area contributed by atoms with Crippen molar-refractivity contribution in [1.29, 1.82) is 0 Å². The zero-order valence-electron chi connectivity index (χ0n) is 13.7. The number of carbonyl (C=O) groups is 2. The van der Waals surface area contributed by atoms with Gasteiger partial charge in [0, 0.05) is 28.2 Å². The molecular weight excluding hydrogens is 306 g/mol. The topological polar surface area (TPSA) is 88.5 Å². The zero-order chi connectivity index (χ0) is 16.9. The largest absolute Gasteiger partial charge is 0.465 e. The van der Waals surface area contributed by atoms with Crippen LogP contribution in [0.25, 0.3) is 0 Å². The first-order valence-electron chi connectivity index (χ1n) is 6.70. The molecule has 1 aromatic rings. The first kappa shape index (κ1) is 18.1. The van der Waals surface area contributed by atoms with Crippen LogP contribution in [0.5, 0.6) is 0 Å². The summed E-state index contributed by atoms with van der Waals surface area (Å²) in [5.74, 6) is 0.0135. The molecule has 1 atom stereocenters. The van der Waals surface area contributed by atoms with E-state index in [0.29, 0.717) is 17.1 Å². The first-order chi connectivity index (χ1) is 10.3. The van der Waals surface area contributed by atoms with E-state index in [1.165, 1.54) is 6.92 Å². The van der Waals surface area contributed by atoms with E-state index in [0.717, 1.165) is 11.8 Å². The van der Waals surface area contributed by atoms with Crippen LogP contribution in [0, 0.1) is 0 Å². The fraction of sp³-hybridized carbons (Fsp3) is 0.615. The molecule has 1 rings (SSSR count). The average molecular weight is 327 g/mol. The predicted octanol–water partition coefficient (Wildman–Crippen LogP) is 0.616. The molecule has 0 radical (unpaired) electrons. The van der Waals surface area contributed by atoms with Gasteiger partial charge in [-0.2, -0.15) is 15.0 Å². The number of hydrogen-bond acceptors (Lipinski definition) is 9. The Morgan fingerprint density at radius 3 is 1.95 bits per heavy atom. The fourth-order valence-electron chi connectivity index (χ4n) is 1.41. The van der Waals surface area contributed by atoms with E-state index in [1.807, 2.05) is 0 Å². The molecule has 0 N–H and O–H groups in total. The monoisotopic (exact) mass is 327 g/mol. The van der Waals surface area contributed by atoms with Gasteiger partial charge in [0.15, 0.2) is 16.2 Å². The molecular formula is C13H21N5O3S. The Bertz CT molecular complexity index is 524. The van der Waals surface area contributed by atoms with Crippen LogP contribution in [-0.2, 0) is 14.3 Å². The van der Waals surface area contributed by atoms with Crippen LogP contribution in [0.3, 0.4) is 0 Å². The van der Waals surface area contributed by atoms with E-state index < -0.39 is 11.2 Å². The average Bonchev–Trinajstić information content (AvgIpc) is 2.44. The van der Waals surface area contributed by atoms with Crippen LogP contribution in [0.15, 0.2) is 5.16 Å². The van der Waals surface area contributed by atoms with Gasteiger partial charge in [-0.15, -0.1) is 0 Å². The summed E-state index contributed by atoms with van der Waals surface area (Å²) in [6, 6.07) is 0. The second-order valence-corrected chi connectivity index (χ2v) is 5.94. The third-order valence-electron chi connectivity index (χ3n) is 2.48. The maximum absolute atomic E-state index is 11.9. The number of thioether (sulfide) groups is 1. The van der Waals surface area contributed by atoms with Crippen molar-refractivity contribution in [3.05, 3.63) is 0 Å². The minimum Gasteiger partial charge on any atom is -0.465 e. The Balaban J connectivity index is 3.13. The standard InChI is InChI=1S/C13H21N5O3S/c1-7-21-10(20)9(8(2)19)22-13-15-11(17(3)4)14-12(16-13)18(5)6/h9H,7H2,1-6H3/t9-/m1/s1. The van der Waals surface area contributed by atoms with Gasteiger partial charge in [0.1, 0.15) is 0 Å². The molecule has 9 heteroatoms. The van der Waals surface area contributed by atoms with Crippen molar-refractivity contribution in [1.82, 2.24) is 15.0 Å². The number of ether oxygens (including phenoxy) is 1. The number of nitrogens with zero attached hydrogens (tertiary/aromatic N) is 5. The number of ketones is 1. The van der Waals surface area contributed by atoms with Crippen LogP contribution in [-0.4, -0.2) is 66.8 Å². The van der Waals surface area contributed by atoms with Gasteiger partial charge in [-0.1, -0.05) is 11.8 Å². The van der Waals surface area contributed by atoms with Crippen LogP contribution in [0.4, 0.5) is 11.9 Å². The number of Topliss-reactive ketones (excluding diaryl/α,β-unsaturated/α-hetero) is 1. The number of anilines is 2. The first-order valence-corrected chi connectivity index (χ1v) is 7.58. The van der Waals surface area contributed by atoms with Crippen LogP contribution < -0.4 is 9.80 Å². The number of esters is 1. The van der Waals surface area contributed by atoms with Crippen molar-refractivity contribution in [2.75, 3.05) is 44.6 Å². The van der Waals surface area contributed by atoms with Gasteiger partial charge in [0.05, 0.1) is 6.61 Å². The maximum atomic E-state index is 11.9. The second-order valence-electron chi connectivity index (χ2n) is 4.87. The number of hydrogen-bond donors (Lipinski definition) is 0. The minimum absolute atomic E-state index is 0.215. The van der Waals surface area contributed by atoms with Crippen molar-refractivity contribution >= 4 is 35.4 Å². The summed E-state index contributed by atoms with van der Waals surface area (Å²) in [5, 5.41) is -0.678. The van der Waals surface area contributed by atoms with Gasteiger partial charge in [0.25, 0.3) is 0 Å². The summed E-state index contributed by atoms with van der Waals surface area (Å²) in [5.41, 5.74) is 0. The van der Waals surface area contributed by atoms with E-state index in [-0.39, 0.29) is 12.4 Å². The van der Waals surface area contributed by atoms with E-state index in [1.54, 1.807) is 44.9 Å². The van der Waals surface area contributed by atoms with Crippen molar-refractivity contribution in [2.24, 2.45) is 0 Å². The molecule has 1 heterocycles. The third-order valence-corrected chi connectivity index (χ3v) is 3.64. The molecule has 0 bridgehead atoms. The third kappa shape index (κ3) is 4.83. The molecule has 122 valence electrons. The van der Waals surface area contributed by atoms with Gasteiger partial charge in [-0.05, 0) is 13.8 Å². The lowest BCUT2D eigenvalue weighted by Gasteiger charge is -2.17. The molecule has 0 unspecified atom stereocenters. The Labute approximate surface area is 134 Å². The van der Waals surface area contributed by atoms with Crippen molar-refractivity contribution in [2.45, 2.75) is 24.3 Å². The van der Waals surface area contributed by atoms with Crippen molar-refractivity contribution in [3.63, 3.8) is 0 Å². The molecule has 0 spiro atoms. The van der Waals surface area contributed by atoms with Crippen LogP contribution in [0.1, 0.15) is 13.8 Å². The van der Waals surface area contributed by atoms with E-state index in [2.05, 4.69) is 15.0 Å².